The molecule has 0 amide bonds. The van der Waals surface area contributed by atoms with E-state index in [1.165, 1.54) is 13.2 Å². The predicted molar refractivity (Wildman–Crippen MR) is 55.4 cm³/mol. The summed E-state index contributed by atoms with van der Waals surface area (Å²) in [5, 5.41) is 0. The van der Waals surface area contributed by atoms with Gasteiger partial charge >= 0.3 is 5.63 Å². The van der Waals surface area contributed by atoms with Crippen LogP contribution in [0, 0.1) is 6.92 Å². The van der Waals surface area contributed by atoms with Crippen molar-refractivity contribution >= 4 is 5.78 Å². The van der Waals surface area contributed by atoms with Crippen molar-refractivity contribution in [3.05, 3.63) is 40.0 Å². The lowest BCUT2D eigenvalue weighted by Gasteiger charge is -2.06. The molecule has 4 heteroatoms. The Morgan fingerprint density at radius 2 is 2.20 bits per heavy atom. The van der Waals surface area contributed by atoms with Gasteiger partial charge in [0, 0.05) is 0 Å². The second-order valence-corrected chi connectivity index (χ2v) is 2.93. The summed E-state index contributed by atoms with van der Waals surface area (Å²) >= 11 is 0. The molecule has 0 saturated carbocycles. The fourth-order valence-corrected chi connectivity index (χ4v) is 1.27. The number of hydrogen-bond donors (Lipinski definition) is 0. The van der Waals surface area contributed by atoms with Crippen molar-refractivity contribution in [2.75, 3.05) is 7.11 Å². The summed E-state index contributed by atoms with van der Waals surface area (Å²) in [5.41, 5.74) is -0.239. The van der Waals surface area contributed by atoms with Crippen molar-refractivity contribution < 1.29 is 13.9 Å². The van der Waals surface area contributed by atoms with Crippen molar-refractivity contribution in [3.63, 3.8) is 0 Å². The van der Waals surface area contributed by atoms with Gasteiger partial charge in [0.25, 0.3) is 0 Å². The maximum absolute atomic E-state index is 11.6. The largest absolute Gasteiger partial charge is 0.496 e. The molecular weight excluding hydrogens is 196 g/mol. The Bertz CT molecular complexity index is 454. The molecule has 1 aromatic rings. The average molecular weight is 208 g/mol. The van der Waals surface area contributed by atoms with E-state index in [9.17, 15) is 9.59 Å². The summed E-state index contributed by atoms with van der Waals surface area (Å²) < 4.78 is 9.79. The zero-order valence-corrected chi connectivity index (χ0v) is 8.87. The number of ketones is 1. The van der Waals surface area contributed by atoms with Crippen molar-refractivity contribution in [1.82, 2.24) is 0 Å². The van der Waals surface area contributed by atoms with Crippen LogP contribution in [-0.2, 0) is 0 Å². The molecule has 0 aliphatic rings. The second-order valence-electron chi connectivity index (χ2n) is 2.93. The molecule has 0 radical (unpaired) electrons. The van der Waals surface area contributed by atoms with Gasteiger partial charge in [-0.15, -0.1) is 0 Å². The van der Waals surface area contributed by atoms with Crippen LogP contribution in [0.2, 0.25) is 0 Å². The van der Waals surface area contributed by atoms with E-state index in [4.69, 9.17) is 9.15 Å². The summed E-state index contributed by atoms with van der Waals surface area (Å²) in [6.45, 7) is 3.29. The van der Waals surface area contributed by atoms with Crippen molar-refractivity contribution in [2.24, 2.45) is 0 Å². The van der Waals surface area contributed by atoms with E-state index in [-0.39, 0.29) is 22.9 Å². The van der Waals surface area contributed by atoms with Crippen molar-refractivity contribution in [2.45, 2.75) is 13.8 Å². The van der Waals surface area contributed by atoms with E-state index in [2.05, 4.69) is 0 Å². The van der Waals surface area contributed by atoms with Gasteiger partial charge in [-0.05, 0) is 19.9 Å². The fourth-order valence-electron chi connectivity index (χ4n) is 1.27. The molecule has 1 rings (SSSR count). The third-order valence-electron chi connectivity index (χ3n) is 1.89. The third-order valence-corrected chi connectivity index (χ3v) is 1.89. The molecule has 0 aliphatic carbocycles. The third kappa shape index (κ3) is 2.34. The molecule has 0 spiro atoms. The lowest BCUT2D eigenvalue weighted by molar-refractivity contribution is 0.104. The quantitative estimate of drug-likeness (QED) is 0.560. The summed E-state index contributed by atoms with van der Waals surface area (Å²) in [5.74, 6) is 0.268. The minimum atomic E-state index is -0.527. The number of aryl methyl sites for hydroxylation is 1. The number of carbonyl (C=O) groups is 1. The first kappa shape index (κ1) is 11.2. The Hall–Kier alpha value is -1.84. The van der Waals surface area contributed by atoms with Crippen molar-refractivity contribution in [3.8, 4) is 5.75 Å². The van der Waals surface area contributed by atoms with E-state index in [1.54, 1.807) is 19.9 Å². The maximum atomic E-state index is 11.6. The Labute approximate surface area is 87.2 Å². The monoisotopic (exact) mass is 208 g/mol. The lowest BCUT2D eigenvalue weighted by atomic mass is 10.1. The van der Waals surface area contributed by atoms with Crippen LogP contribution in [0.25, 0.3) is 0 Å². The van der Waals surface area contributed by atoms with Gasteiger partial charge in [0.1, 0.15) is 17.1 Å². The molecule has 0 N–H and O–H groups in total. The van der Waals surface area contributed by atoms with Crippen LogP contribution < -0.4 is 10.4 Å². The van der Waals surface area contributed by atoms with E-state index in [0.717, 1.165) is 6.07 Å². The van der Waals surface area contributed by atoms with Crippen molar-refractivity contribution in [1.29, 1.82) is 0 Å². The van der Waals surface area contributed by atoms with Crippen LogP contribution in [0.1, 0.15) is 23.0 Å². The van der Waals surface area contributed by atoms with Crippen LogP contribution in [0.5, 0.6) is 5.75 Å². The molecule has 0 aliphatic heterocycles. The van der Waals surface area contributed by atoms with E-state index in [0.29, 0.717) is 0 Å². The lowest BCUT2D eigenvalue weighted by Crippen LogP contribution is -2.08. The minimum Gasteiger partial charge on any atom is -0.496 e. The SMILES string of the molecule is C/C=C\C(=O)c1c(OC)cc(=O)oc1C. The first-order chi connectivity index (χ1) is 7.10. The summed E-state index contributed by atoms with van der Waals surface area (Å²) in [6.07, 6.45) is 3.01. The number of ether oxygens (including phenoxy) is 1. The molecule has 0 fully saturated rings. The van der Waals surface area contributed by atoms with Gasteiger partial charge < -0.3 is 9.15 Å². The van der Waals surface area contributed by atoms with E-state index >= 15 is 0 Å². The van der Waals surface area contributed by atoms with Gasteiger partial charge in [-0.1, -0.05) is 6.08 Å². The number of carbonyl (C=O) groups excluding carboxylic acids is 1. The normalized spacial score (nSPS) is 10.6. The van der Waals surface area contributed by atoms with Gasteiger partial charge in [-0.3, -0.25) is 4.79 Å². The zero-order valence-electron chi connectivity index (χ0n) is 8.87. The number of allylic oxidation sites excluding steroid dienone is 2. The first-order valence-electron chi connectivity index (χ1n) is 4.46. The highest BCUT2D eigenvalue weighted by atomic mass is 16.5. The smallest absolute Gasteiger partial charge is 0.339 e. The summed E-state index contributed by atoms with van der Waals surface area (Å²) in [7, 11) is 1.40. The second kappa shape index (κ2) is 4.59. The number of hydrogen-bond acceptors (Lipinski definition) is 4. The number of rotatable bonds is 3. The first-order valence-corrected chi connectivity index (χ1v) is 4.46. The topological polar surface area (TPSA) is 56.5 Å². The Morgan fingerprint density at radius 1 is 1.53 bits per heavy atom. The van der Waals surface area contributed by atoms with Crippen LogP contribution in [0.3, 0.4) is 0 Å². The Morgan fingerprint density at radius 3 is 2.73 bits per heavy atom. The van der Waals surface area contributed by atoms with Crippen LogP contribution in [0.15, 0.2) is 27.4 Å². The Kier molecular flexibility index (Phi) is 3.44. The predicted octanol–water partition coefficient (Wildman–Crippen LogP) is 1.72. The van der Waals surface area contributed by atoms with Crippen LogP contribution in [0.4, 0.5) is 0 Å². The molecule has 0 bridgehead atoms. The molecule has 15 heavy (non-hydrogen) atoms. The Balaban J connectivity index is 3.39. The van der Waals surface area contributed by atoms with Gasteiger partial charge in [-0.25, -0.2) is 4.79 Å². The van der Waals surface area contributed by atoms with E-state index in [1.807, 2.05) is 0 Å². The van der Waals surface area contributed by atoms with Gasteiger partial charge in [0.15, 0.2) is 5.78 Å². The molecule has 0 unspecified atom stereocenters. The van der Waals surface area contributed by atoms with Gasteiger partial charge in [0.05, 0.1) is 13.2 Å². The van der Waals surface area contributed by atoms with Crippen LogP contribution in [-0.4, -0.2) is 12.9 Å². The molecule has 1 aromatic heterocycles. The number of methoxy groups -OCH3 is 1. The maximum Gasteiger partial charge on any atom is 0.339 e. The molecule has 1 heterocycles. The zero-order chi connectivity index (χ0) is 11.4. The summed E-state index contributed by atoms with van der Waals surface area (Å²) in [6, 6.07) is 1.16. The molecule has 0 aromatic carbocycles. The fraction of sp³-hybridized carbons (Fsp3) is 0.273. The molecule has 4 nitrogen and oxygen atoms in total. The molecular formula is C11H12O4. The molecule has 80 valence electrons. The van der Waals surface area contributed by atoms with E-state index < -0.39 is 5.63 Å². The highest BCUT2D eigenvalue weighted by Gasteiger charge is 2.15. The minimum absolute atomic E-state index is 0.240. The standard InChI is InChI=1S/C11H12O4/c1-4-5-8(12)11-7(2)15-10(13)6-9(11)14-3/h4-6H,1-3H3/b5-4-. The molecule has 0 atom stereocenters. The average Bonchev–Trinajstić information content (AvgIpc) is 2.16. The highest BCUT2D eigenvalue weighted by molar-refractivity contribution is 6.07. The highest BCUT2D eigenvalue weighted by Crippen LogP contribution is 2.20. The van der Waals surface area contributed by atoms with Gasteiger partial charge in [0.2, 0.25) is 0 Å². The summed E-state index contributed by atoms with van der Waals surface area (Å²) in [4.78, 5) is 22.7. The van der Waals surface area contributed by atoms with Crippen LogP contribution >= 0.6 is 0 Å². The van der Waals surface area contributed by atoms with Gasteiger partial charge in [-0.2, -0.15) is 0 Å². The molecule has 0 saturated heterocycles.